The van der Waals surface area contributed by atoms with E-state index >= 15 is 0 Å². The predicted molar refractivity (Wildman–Crippen MR) is 78.0 cm³/mol. The Hall–Kier alpha value is -1.55. The Kier molecular flexibility index (Phi) is 4.95. The lowest BCUT2D eigenvalue weighted by Gasteiger charge is -2.33. The van der Waals surface area contributed by atoms with Crippen LogP contribution in [0.15, 0.2) is 24.3 Å². The van der Waals surface area contributed by atoms with E-state index in [9.17, 15) is 4.79 Å². The molecule has 0 aliphatic heterocycles. The first-order valence-electron chi connectivity index (χ1n) is 6.43. The summed E-state index contributed by atoms with van der Waals surface area (Å²) in [5.74, 6) is 0.0711. The molecule has 1 atom stereocenters. The summed E-state index contributed by atoms with van der Waals surface area (Å²) in [5, 5.41) is 0. The van der Waals surface area contributed by atoms with Crippen molar-refractivity contribution in [3.63, 3.8) is 0 Å². The first-order chi connectivity index (χ1) is 8.80. The highest BCUT2D eigenvalue weighted by molar-refractivity contribution is 5.87. The molecule has 0 aromatic heterocycles. The molecule has 2 N–H and O–H groups in total. The van der Waals surface area contributed by atoms with Crippen molar-refractivity contribution >= 4 is 11.6 Å². The van der Waals surface area contributed by atoms with Crippen molar-refractivity contribution in [2.75, 3.05) is 26.5 Å². The highest BCUT2D eigenvalue weighted by atomic mass is 16.5. The van der Waals surface area contributed by atoms with Gasteiger partial charge in [0, 0.05) is 19.8 Å². The Morgan fingerprint density at radius 2 is 1.89 bits per heavy atom. The summed E-state index contributed by atoms with van der Waals surface area (Å²) in [6, 6.07) is 7.50. The summed E-state index contributed by atoms with van der Waals surface area (Å²) in [6.07, 6.45) is 0. The van der Waals surface area contributed by atoms with Crippen molar-refractivity contribution in [3.8, 4) is 0 Å². The molecule has 4 nitrogen and oxygen atoms in total. The predicted octanol–water partition coefficient (Wildman–Crippen LogP) is 2.04. The summed E-state index contributed by atoms with van der Waals surface area (Å²) < 4.78 is 5.10. The topological polar surface area (TPSA) is 55.6 Å². The number of nitrogens with zero attached hydrogens (tertiary/aromatic N) is 1. The van der Waals surface area contributed by atoms with Crippen molar-refractivity contribution in [1.82, 2.24) is 4.90 Å². The van der Waals surface area contributed by atoms with Crippen LogP contribution >= 0.6 is 0 Å². The van der Waals surface area contributed by atoms with E-state index in [-0.39, 0.29) is 11.9 Å². The molecule has 0 saturated heterocycles. The minimum Gasteiger partial charge on any atom is -0.399 e. The zero-order valence-corrected chi connectivity index (χ0v) is 12.4. The third-order valence-electron chi connectivity index (χ3n) is 3.56. The van der Waals surface area contributed by atoms with E-state index in [0.717, 1.165) is 5.56 Å². The molecule has 1 aromatic carbocycles. The van der Waals surface area contributed by atoms with Gasteiger partial charge in [-0.25, -0.2) is 0 Å². The van der Waals surface area contributed by atoms with Crippen LogP contribution in [0.4, 0.5) is 5.69 Å². The smallest absolute Gasteiger partial charge is 0.232 e. The molecule has 0 radical (unpaired) electrons. The minimum atomic E-state index is -0.579. The fourth-order valence-corrected chi connectivity index (χ4v) is 2.02. The molecule has 0 aliphatic carbocycles. The van der Waals surface area contributed by atoms with Crippen molar-refractivity contribution in [3.05, 3.63) is 29.8 Å². The van der Waals surface area contributed by atoms with E-state index in [4.69, 9.17) is 10.5 Å². The van der Waals surface area contributed by atoms with Gasteiger partial charge in [0.15, 0.2) is 0 Å². The van der Waals surface area contributed by atoms with E-state index in [1.807, 2.05) is 52.1 Å². The maximum absolute atomic E-state index is 12.6. The number of carbonyl (C=O) groups excluding carboxylic acids is 1. The first kappa shape index (κ1) is 15.5. The molecule has 19 heavy (non-hydrogen) atoms. The van der Waals surface area contributed by atoms with Gasteiger partial charge in [0.05, 0.1) is 18.1 Å². The van der Waals surface area contributed by atoms with Crippen LogP contribution in [0.5, 0.6) is 0 Å². The number of ether oxygens (including phenoxy) is 1. The van der Waals surface area contributed by atoms with Crippen LogP contribution in [0.1, 0.15) is 26.3 Å². The Balaban J connectivity index is 2.92. The van der Waals surface area contributed by atoms with E-state index in [1.165, 1.54) is 0 Å². The van der Waals surface area contributed by atoms with Gasteiger partial charge in [-0.2, -0.15) is 0 Å². The molecule has 1 unspecified atom stereocenters. The van der Waals surface area contributed by atoms with Gasteiger partial charge in [0.25, 0.3) is 0 Å². The summed E-state index contributed by atoms with van der Waals surface area (Å²) in [5.41, 5.74) is 6.77. The van der Waals surface area contributed by atoms with Gasteiger partial charge in [0.1, 0.15) is 0 Å². The molecular formula is C15H24N2O2. The molecule has 0 fully saturated rings. The molecule has 0 saturated carbocycles. The normalized spacial score (nSPS) is 13.1. The van der Waals surface area contributed by atoms with Gasteiger partial charge in [-0.05, 0) is 38.5 Å². The third kappa shape index (κ3) is 3.47. The van der Waals surface area contributed by atoms with Crippen LogP contribution in [0, 0.1) is 0 Å². The van der Waals surface area contributed by atoms with Gasteiger partial charge in [-0.15, -0.1) is 0 Å². The number of hydrogen-bond acceptors (Lipinski definition) is 3. The van der Waals surface area contributed by atoms with Gasteiger partial charge in [-0.3, -0.25) is 4.79 Å². The molecule has 0 heterocycles. The van der Waals surface area contributed by atoms with Crippen molar-refractivity contribution in [2.45, 2.75) is 32.2 Å². The van der Waals surface area contributed by atoms with Crippen molar-refractivity contribution < 1.29 is 9.53 Å². The number of hydrogen-bond donors (Lipinski definition) is 1. The van der Waals surface area contributed by atoms with Crippen LogP contribution in [0.25, 0.3) is 0 Å². The van der Waals surface area contributed by atoms with Crippen molar-refractivity contribution in [1.29, 1.82) is 0 Å². The Bertz CT molecular complexity index is 426. The summed E-state index contributed by atoms with van der Waals surface area (Å²) in [6.45, 7) is 6.36. The highest BCUT2D eigenvalue weighted by Gasteiger charge is 2.33. The lowest BCUT2D eigenvalue weighted by Crippen LogP contribution is -2.46. The SMILES string of the molecule is COCC(C)N(C)C(=O)C(C)(C)c1ccc(N)cc1. The van der Waals surface area contributed by atoms with Crippen LogP contribution in [0.3, 0.4) is 0 Å². The molecule has 1 amide bonds. The zero-order valence-electron chi connectivity index (χ0n) is 12.4. The number of rotatable bonds is 5. The fourth-order valence-electron chi connectivity index (χ4n) is 2.02. The monoisotopic (exact) mass is 264 g/mol. The first-order valence-corrected chi connectivity index (χ1v) is 6.43. The van der Waals surface area contributed by atoms with Crippen LogP contribution in [0.2, 0.25) is 0 Å². The van der Waals surface area contributed by atoms with E-state index in [1.54, 1.807) is 12.0 Å². The van der Waals surface area contributed by atoms with E-state index in [2.05, 4.69) is 0 Å². The van der Waals surface area contributed by atoms with Gasteiger partial charge in [0.2, 0.25) is 5.91 Å². The van der Waals surface area contributed by atoms with Gasteiger partial charge >= 0.3 is 0 Å². The molecule has 0 aliphatic rings. The van der Waals surface area contributed by atoms with E-state index in [0.29, 0.717) is 12.3 Å². The van der Waals surface area contributed by atoms with Crippen molar-refractivity contribution in [2.24, 2.45) is 0 Å². The zero-order chi connectivity index (χ0) is 14.6. The quantitative estimate of drug-likeness (QED) is 0.828. The maximum atomic E-state index is 12.6. The van der Waals surface area contributed by atoms with Crippen LogP contribution < -0.4 is 5.73 Å². The average molecular weight is 264 g/mol. The van der Waals surface area contributed by atoms with Crippen LogP contribution in [-0.2, 0) is 14.9 Å². The number of nitrogen functional groups attached to an aromatic ring is 1. The molecule has 0 bridgehead atoms. The lowest BCUT2D eigenvalue weighted by atomic mass is 9.83. The molecular weight excluding hydrogens is 240 g/mol. The number of nitrogens with two attached hydrogens (primary N) is 1. The third-order valence-corrected chi connectivity index (χ3v) is 3.56. The molecule has 1 rings (SSSR count). The Morgan fingerprint density at radius 1 is 1.37 bits per heavy atom. The second kappa shape index (κ2) is 6.06. The lowest BCUT2D eigenvalue weighted by molar-refractivity contribution is -0.137. The maximum Gasteiger partial charge on any atom is 0.232 e. The largest absolute Gasteiger partial charge is 0.399 e. The van der Waals surface area contributed by atoms with Crippen LogP contribution in [-0.4, -0.2) is 37.6 Å². The summed E-state index contributed by atoms with van der Waals surface area (Å²) in [4.78, 5) is 14.3. The minimum absolute atomic E-state index is 0.0468. The van der Waals surface area contributed by atoms with Gasteiger partial charge < -0.3 is 15.4 Å². The van der Waals surface area contributed by atoms with E-state index < -0.39 is 5.41 Å². The number of benzene rings is 1. The second-order valence-corrected chi connectivity index (χ2v) is 5.47. The summed E-state index contributed by atoms with van der Waals surface area (Å²) in [7, 11) is 3.45. The highest BCUT2D eigenvalue weighted by Crippen LogP contribution is 2.26. The molecule has 4 heteroatoms. The Labute approximate surface area is 115 Å². The fraction of sp³-hybridized carbons (Fsp3) is 0.533. The average Bonchev–Trinajstić information content (AvgIpc) is 2.37. The second-order valence-electron chi connectivity index (χ2n) is 5.47. The number of amides is 1. The number of likely N-dealkylation sites (N-methyl/N-ethyl adjacent to an activating group) is 1. The molecule has 1 aromatic rings. The Morgan fingerprint density at radius 3 is 2.37 bits per heavy atom. The number of methoxy groups -OCH3 is 1. The molecule has 106 valence electrons. The number of carbonyl (C=O) groups is 1. The number of anilines is 1. The standard InChI is InChI=1S/C15H24N2O2/c1-11(10-19-5)17(4)14(18)15(2,3)12-6-8-13(16)9-7-12/h6-9,11H,10,16H2,1-5H3. The summed E-state index contributed by atoms with van der Waals surface area (Å²) >= 11 is 0. The molecule has 0 spiro atoms. The van der Waals surface area contributed by atoms with Gasteiger partial charge in [-0.1, -0.05) is 12.1 Å².